The van der Waals surface area contributed by atoms with Crippen molar-refractivity contribution in [1.82, 2.24) is 24.5 Å². The van der Waals surface area contributed by atoms with Crippen LogP contribution in [0.25, 0.3) is 0 Å². The van der Waals surface area contributed by atoms with Gasteiger partial charge in [-0.25, -0.2) is 4.98 Å². The molecule has 0 unspecified atom stereocenters. The fourth-order valence-electron chi connectivity index (χ4n) is 1.94. The van der Waals surface area contributed by atoms with Crippen molar-refractivity contribution in [3.05, 3.63) is 54.4 Å². The maximum atomic E-state index is 5.75. The number of imidazole rings is 1. The minimum Gasteiger partial charge on any atom is -0.368 e. The Morgan fingerprint density at radius 2 is 2.05 bits per heavy atom. The van der Waals surface area contributed by atoms with Crippen LogP contribution in [0.2, 0.25) is 0 Å². The smallest absolute Gasteiger partial charge is 0.232 e. The normalized spacial score (nSPS) is 10.5. The average Bonchev–Trinajstić information content (AvgIpc) is 2.93. The first-order valence-electron chi connectivity index (χ1n) is 6.49. The number of nitrogens with zero attached hydrogens (tertiary/aromatic N) is 5. The SMILES string of the molecule is Cc1ccccc1Nc1nc(N)nc(Cn2ccnc2)n1. The fourth-order valence-corrected chi connectivity index (χ4v) is 1.94. The van der Waals surface area contributed by atoms with Crippen LogP contribution in [0, 0.1) is 6.92 Å². The van der Waals surface area contributed by atoms with E-state index in [0.29, 0.717) is 18.3 Å². The molecule has 0 fully saturated rings. The summed E-state index contributed by atoms with van der Waals surface area (Å²) in [6.45, 7) is 2.51. The summed E-state index contributed by atoms with van der Waals surface area (Å²) in [6, 6.07) is 7.91. The molecule has 3 N–H and O–H groups in total. The van der Waals surface area contributed by atoms with Gasteiger partial charge in [0.1, 0.15) is 0 Å². The molecule has 0 radical (unpaired) electrons. The molecule has 0 bridgehead atoms. The Hall–Kier alpha value is -2.96. The van der Waals surface area contributed by atoms with Crippen molar-refractivity contribution in [2.45, 2.75) is 13.5 Å². The van der Waals surface area contributed by atoms with E-state index in [2.05, 4.69) is 25.3 Å². The van der Waals surface area contributed by atoms with Gasteiger partial charge in [0.15, 0.2) is 5.82 Å². The van der Waals surface area contributed by atoms with E-state index < -0.39 is 0 Å². The topological polar surface area (TPSA) is 94.5 Å². The number of para-hydroxylation sites is 1. The lowest BCUT2D eigenvalue weighted by molar-refractivity contribution is 0.739. The minimum atomic E-state index is 0.191. The molecule has 0 saturated carbocycles. The number of aryl methyl sites for hydroxylation is 1. The molecule has 0 atom stereocenters. The van der Waals surface area contributed by atoms with Gasteiger partial charge in [-0.15, -0.1) is 0 Å². The number of benzene rings is 1. The van der Waals surface area contributed by atoms with Crippen molar-refractivity contribution in [1.29, 1.82) is 0 Å². The van der Waals surface area contributed by atoms with Crippen molar-refractivity contribution < 1.29 is 0 Å². The van der Waals surface area contributed by atoms with Gasteiger partial charge < -0.3 is 15.6 Å². The summed E-state index contributed by atoms with van der Waals surface area (Å²) in [4.78, 5) is 16.6. The second-order valence-electron chi connectivity index (χ2n) is 4.61. The van der Waals surface area contributed by atoms with E-state index in [4.69, 9.17) is 5.73 Å². The predicted molar refractivity (Wildman–Crippen MR) is 80.0 cm³/mol. The van der Waals surface area contributed by atoms with Crippen LogP contribution < -0.4 is 11.1 Å². The maximum absolute atomic E-state index is 5.75. The molecule has 21 heavy (non-hydrogen) atoms. The highest BCUT2D eigenvalue weighted by Crippen LogP contribution is 2.17. The van der Waals surface area contributed by atoms with Gasteiger partial charge in [-0.05, 0) is 18.6 Å². The van der Waals surface area contributed by atoms with Crippen molar-refractivity contribution in [2.75, 3.05) is 11.1 Å². The number of rotatable bonds is 4. The Morgan fingerprint density at radius 1 is 1.19 bits per heavy atom. The molecule has 1 aromatic carbocycles. The lowest BCUT2D eigenvalue weighted by atomic mass is 10.2. The van der Waals surface area contributed by atoms with Gasteiger partial charge in [-0.2, -0.15) is 15.0 Å². The second kappa shape index (κ2) is 5.58. The van der Waals surface area contributed by atoms with Crippen molar-refractivity contribution in [3.8, 4) is 0 Å². The van der Waals surface area contributed by atoms with E-state index in [9.17, 15) is 0 Å². The number of anilines is 3. The van der Waals surface area contributed by atoms with Gasteiger partial charge in [0.2, 0.25) is 11.9 Å². The van der Waals surface area contributed by atoms with Gasteiger partial charge >= 0.3 is 0 Å². The zero-order chi connectivity index (χ0) is 14.7. The number of hydrogen-bond acceptors (Lipinski definition) is 6. The Bertz CT molecular complexity index is 737. The summed E-state index contributed by atoms with van der Waals surface area (Å²) < 4.78 is 1.87. The van der Waals surface area contributed by atoms with Crippen LogP contribution in [0.1, 0.15) is 11.4 Å². The average molecular weight is 281 g/mol. The number of nitrogens with one attached hydrogen (secondary N) is 1. The van der Waals surface area contributed by atoms with Crippen LogP contribution in [-0.2, 0) is 6.54 Å². The van der Waals surface area contributed by atoms with Crippen LogP contribution in [-0.4, -0.2) is 24.5 Å². The number of aromatic nitrogens is 5. The van der Waals surface area contributed by atoms with Gasteiger partial charge in [-0.3, -0.25) is 0 Å². The Balaban J connectivity index is 1.86. The molecule has 0 aliphatic heterocycles. The monoisotopic (exact) mass is 281 g/mol. The highest BCUT2D eigenvalue weighted by molar-refractivity contribution is 5.58. The molecule has 3 rings (SSSR count). The van der Waals surface area contributed by atoms with E-state index in [1.807, 2.05) is 42.0 Å². The molecular formula is C14H15N7. The molecule has 0 aliphatic carbocycles. The predicted octanol–water partition coefficient (Wildman–Crippen LogP) is 1.75. The van der Waals surface area contributed by atoms with Crippen LogP contribution in [0.15, 0.2) is 43.0 Å². The molecule has 7 nitrogen and oxygen atoms in total. The maximum Gasteiger partial charge on any atom is 0.232 e. The summed E-state index contributed by atoms with van der Waals surface area (Å²) >= 11 is 0. The summed E-state index contributed by atoms with van der Waals surface area (Å²) in [6.07, 6.45) is 5.25. The van der Waals surface area contributed by atoms with Gasteiger partial charge in [0.25, 0.3) is 0 Å². The Labute approximate surface area is 121 Å². The van der Waals surface area contributed by atoms with E-state index >= 15 is 0 Å². The largest absolute Gasteiger partial charge is 0.368 e. The molecule has 3 aromatic rings. The number of hydrogen-bond donors (Lipinski definition) is 2. The second-order valence-corrected chi connectivity index (χ2v) is 4.61. The minimum absolute atomic E-state index is 0.191. The summed E-state index contributed by atoms with van der Waals surface area (Å²) in [5.41, 5.74) is 7.80. The summed E-state index contributed by atoms with van der Waals surface area (Å²) in [5, 5.41) is 3.17. The standard InChI is InChI=1S/C14H15N7/c1-10-4-2-3-5-11(10)17-14-19-12(18-13(15)20-14)8-21-7-6-16-9-21/h2-7,9H,8H2,1H3,(H3,15,17,18,19,20). The highest BCUT2D eigenvalue weighted by Gasteiger charge is 2.06. The zero-order valence-corrected chi connectivity index (χ0v) is 11.6. The Morgan fingerprint density at radius 3 is 2.81 bits per heavy atom. The molecule has 2 aromatic heterocycles. The third kappa shape index (κ3) is 3.14. The van der Waals surface area contributed by atoms with Crippen LogP contribution in [0.4, 0.5) is 17.6 Å². The van der Waals surface area contributed by atoms with Crippen molar-refractivity contribution in [3.63, 3.8) is 0 Å². The van der Waals surface area contributed by atoms with Crippen LogP contribution >= 0.6 is 0 Å². The fraction of sp³-hybridized carbons (Fsp3) is 0.143. The third-order valence-electron chi connectivity index (χ3n) is 2.97. The summed E-state index contributed by atoms with van der Waals surface area (Å²) in [7, 11) is 0. The molecular weight excluding hydrogens is 266 g/mol. The zero-order valence-electron chi connectivity index (χ0n) is 11.6. The van der Waals surface area contributed by atoms with E-state index in [-0.39, 0.29) is 5.95 Å². The molecule has 0 amide bonds. The quantitative estimate of drug-likeness (QED) is 0.756. The molecule has 0 spiro atoms. The van der Waals surface area contributed by atoms with E-state index in [1.165, 1.54) is 0 Å². The lowest BCUT2D eigenvalue weighted by Gasteiger charge is -2.09. The first-order chi connectivity index (χ1) is 10.2. The van der Waals surface area contributed by atoms with Gasteiger partial charge in [0, 0.05) is 18.1 Å². The van der Waals surface area contributed by atoms with Gasteiger partial charge in [0.05, 0.1) is 12.9 Å². The molecule has 7 heteroatoms. The van der Waals surface area contributed by atoms with Crippen LogP contribution in [0.5, 0.6) is 0 Å². The molecule has 0 aliphatic rings. The van der Waals surface area contributed by atoms with E-state index in [1.54, 1.807) is 12.5 Å². The molecule has 2 heterocycles. The highest BCUT2D eigenvalue weighted by atomic mass is 15.2. The lowest BCUT2D eigenvalue weighted by Crippen LogP contribution is -2.10. The first-order valence-corrected chi connectivity index (χ1v) is 6.49. The third-order valence-corrected chi connectivity index (χ3v) is 2.97. The first kappa shape index (κ1) is 13.0. The molecule has 106 valence electrons. The number of nitrogens with two attached hydrogens (primary N) is 1. The van der Waals surface area contributed by atoms with Gasteiger partial charge in [-0.1, -0.05) is 18.2 Å². The van der Waals surface area contributed by atoms with Crippen molar-refractivity contribution >= 4 is 17.6 Å². The van der Waals surface area contributed by atoms with E-state index in [0.717, 1.165) is 11.3 Å². The molecule has 0 saturated heterocycles. The number of nitrogen functional groups attached to an aromatic ring is 1. The Kier molecular flexibility index (Phi) is 3.46. The van der Waals surface area contributed by atoms with Crippen LogP contribution in [0.3, 0.4) is 0 Å². The van der Waals surface area contributed by atoms with Crippen molar-refractivity contribution in [2.24, 2.45) is 0 Å². The summed E-state index contributed by atoms with van der Waals surface area (Å²) in [5.74, 6) is 1.21.